The van der Waals surface area contributed by atoms with Crippen molar-refractivity contribution in [3.8, 4) is 0 Å². The number of benzene rings is 3. The predicted octanol–water partition coefficient (Wildman–Crippen LogP) is 5.27. The first-order chi connectivity index (χ1) is 12.6. The van der Waals surface area contributed by atoms with Gasteiger partial charge in [0.05, 0.1) is 6.04 Å². The topological polar surface area (TPSA) is 20.3 Å². The van der Waals surface area contributed by atoms with E-state index in [2.05, 4.69) is 12.1 Å². The van der Waals surface area contributed by atoms with E-state index in [1.165, 1.54) is 29.8 Å². The van der Waals surface area contributed by atoms with E-state index in [0.717, 1.165) is 17.5 Å². The van der Waals surface area contributed by atoms with E-state index in [-0.39, 0.29) is 17.8 Å². The van der Waals surface area contributed by atoms with Crippen LogP contribution >= 0.6 is 11.6 Å². The highest BCUT2D eigenvalue weighted by Gasteiger charge is 2.32. The molecule has 3 aromatic rings. The van der Waals surface area contributed by atoms with E-state index in [9.17, 15) is 9.18 Å². The van der Waals surface area contributed by atoms with Gasteiger partial charge in [0.2, 0.25) is 0 Å². The average molecular weight is 366 g/mol. The number of hydrogen-bond acceptors (Lipinski definition) is 1. The van der Waals surface area contributed by atoms with Crippen LogP contribution in [-0.2, 0) is 6.42 Å². The van der Waals surface area contributed by atoms with Crippen LogP contribution in [0.1, 0.15) is 33.1 Å². The normalized spacial score (nSPS) is 16.2. The fourth-order valence-corrected chi connectivity index (χ4v) is 3.67. The zero-order chi connectivity index (χ0) is 18.1. The second-order valence-corrected chi connectivity index (χ2v) is 6.84. The molecular formula is C22H17ClFNO. The van der Waals surface area contributed by atoms with Crippen LogP contribution in [0.5, 0.6) is 0 Å². The number of nitrogens with zero attached hydrogens (tertiary/aromatic N) is 1. The van der Waals surface area contributed by atoms with Crippen molar-refractivity contribution in [2.75, 3.05) is 6.54 Å². The van der Waals surface area contributed by atoms with E-state index in [0.29, 0.717) is 17.1 Å². The summed E-state index contributed by atoms with van der Waals surface area (Å²) in [7, 11) is 0. The van der Waals surface area contributed by atoms with Crippen LogP contribution in [0.25, 0.3) is 0 Å². The van der Waals surface area contributed by atoms with Gasteiger partial charge < -0.3 is 4.90 Å². The van der Waals surface area contributed by atoms with Gasteiger partial charge in [-0.15, -0.1) is 0 Å². The summed E-state index contributed by atoms with van der Waals surface area (Å²) in [6.07, 6.45) is 0.799. The number of carbonyl (C=O) groups is 1. The molecule has 4 rings (SSSR count). The Morgan fingerprint density at radius 1 is 0.962 bits per heavy atom. The number of rotatable bonds is 2. The number of carbonyl (C=O) groups excluding carboxylic acids is 1. The highest BCUT2D eigenvalue weighted by Crippen LogP contribution is 2.36. The smallest absolute Gasteiger partial charge is 0.254 e. The molecule has 1 aliphatic rings. The van der Waals surface area contributed by atoms with Gasteiger partial charge in [0.1, 0.15) is 5.82 Å². The molecule has 0 radical (unpaired) electrons. The van der Waals surface area contributed by atoms with Gasteiger partial charge in [0.15, 0.2) is 0 Å². The molecule has 1 unspecified atom stereocenters. The van der Waals surface area contributed by atoms with Gasteiger partial charge in [-0.1, -0.05) is 48.0 Å². The van der Waals surface area contributed by atoms with Crippen LogP contribution in [-0.4, -0.2) is 17.4 Å². The summed E-state index contributed by atoms with van der Waals surface area (Å²) in [5, 5.41) is 0.661. The first-order valence-electron chi connectivity index (χ1n) is 8.53. The lowest BCUT2D eigenvalue weighted by Gasteiger charge is -2.38. The van der Waals surface area contributed by atoms with Crippen LogP contribution < -0.4 is 0 Å². The van der Waals surface area contributed by atoms with Gasteiger partial charge >= 0.3 is 0 Å². The fraction of sp³-hybridized carbons (Fsp3) is 0.136. The van der Waals surface area contributed by atoms with Gasteiger partial charge in [-0.3, -0.25) is 4.79 Å². The van der Waals surface area contributed by atoms with E-state index >= 15 is 0 Å². The SMILES string of the molecule is O=C(c1ccc(F)cc1)N1CCc2ccccc2C1c1ccc(Cl)cc1. The predicted molar refractivity (Wildman–Crippen MR) is 101 cm³/mol. The molecular weight excluding hydrogens is 349 g/mol. The van der Waals surface area contributed by atoms with Crippen molar-refractivity contribution in [3.05, 3.63) is 106 Å². The fourth-order valence-electron chi connectivity index (χ4n) is 3.55. The Labute approximate surface area is 156 Å². The van der Waals surface area contributed by atoms with Crippen LogP contribution in [0.3, 0.4) is 0 Å². The molecule has 2 nitrogen and oxygen atoms in total. The van der Waals surface area contributed by atoms with Crippen LogP contribution in [0.2, 0.25) is 5.02 Å². The third kappa shape index (κ3) is 3.11. The van der Waals surface area contributed by atoms with Gasteiger partial charge in [-0.2, -0.15) is 0 Å². The molecule has 0 aromatic heterocycles. The number of fused-ring (bicyclic) bond motifs is 1. The summed E-state index contributed by atoms with van der Waals surface area (Å²) in [6.45, 7) is 0.612. The first kappa shape index (κ1) is 16.8. The molecule has 0 fully saturated rings. The lowest BCUT2D eigenvalue weighted by molar-refractivity contribution is 0.0694. The van der Waals surface area contributed by atoms with Crippen LogP contribution in [0, 0.1) is 5.82 Å². The summed E-state index contributed by atoms with van der Waals surface area (Å²) < 4.78 is 13.2. The zero-order valence-corrected chi connectivity index (χ0v) is 14.8. The maximum absolute atomic E-state index is 13.2. The third-order valence-electron chi connectivity index (χ3n) is 4.82. The standard InChI is InChI=1S/C22H17ClFNO/c23-18-9-5-16(6-10-18)21-20-4-2-1-3-15(20)13-14-25(21)22(26)17-7-11-19(24)12-8-17/h1-12,21H,13-14H2. The second kappa shape index (κ2) is 6.93. The highest BCUT2D eigenvalue weighted by molar-refractivity contribution is 6.30. The minimum atomic E-state index is -0.347. The van der Waals surface area contributed by atoms with Crippen molar-refractivity contribution >= 4 is 17.5 Å². The van der Waals surface area contributed by atoms with E-state index in [1.54, 1.807) is 0 Å². The van der Waals surface area contributed by atoms with Gasteiger partial charge in [-0.05, 0) is 59.5 Å². The number of halogens is 2. The molecule has 1 aliphatic heterocycles. The highest BCUT2D eigenvalue weighted by atomic mass is 35.5. The van der Waals surface area contributed by atoms with Crippen LogP contribution in [0.15, 0.2) is 72.8 Å². The molecule has 130 valence electrons. The van der Waals surface area contributed by atoms with Crippen molar-refractivity contribution in [2.24, 2.45) is 0 Å². The maximum atomic E-state index is 13.2. The van der Waals surface area contributed by atoms with Crippen LogP contribution in [0.4, 0.5) is 4.39 Å². The van der Waals surface area contributed by atoms with Crippen molar-refractivity contribution in [2.45, 2.75) is 12.5 Å². The number of hydrogen-bond donors (Lipinski definition) is 0. The monoisotopic (exact) mass is 365 g/mol. The summed E-state index contributed by atoms with van der Waals surface area (Å²) in [5.74, 6) is -0.445. The quantitative estimate of drug-likeness (QED) is 0.606. The Morgan fingerprint density at radius 2 is 1.65 bits per heavy atom. The van der Waals surface area contributed by atoms with E-state index in [4.69, 9.17) is 11.6 Å². The molecule has 1 heterocycles. The van der Waals surface area contributed by atoms with Gasteiger partial charge in [-0.25, -0.2) is 4.39 Å². The maximum Gasteiger partial charge on any atom is 0.254 e. The molecule has 0 saturated carbocycles. The summed E-state index contributed by atoms with van der Waals surface area (Å²) in [5.41, 5.74) is 3.87. The van der Waals surface area contributed by atoms with Crippen molar-refractivity contribution in [3.63, 3.8) is 0 Å². The Bertz CT molecular complexity index is 937. The van der Waals surface area contributed by atoms with E-state index < -0.39 is 0 Å². The van der Waals surface area contributed by atoms with E-state index in [1.807, 2.05) is 41.3 Å². The lowest BCUT2D eigenvalue weighted by atomic mass is 9.87. The Kier molecular flexibility index (Phi) is 4.48. The minimum Gasteiger partial charge on any atom is -0.327 e. The largest absolute Gasteiger partial charge is 0.327 e. The third-order valence-corrected chi connectivity index (χ3v) is 5.07. The molecule has 0 N–H and O–H groups in total. The molecule has 0 saturated heterocycles. The molecule has 3 aromatic carbocycles. The van der Waals surface area contributed by atoms with Crippen molar-refractivity contribution < 1.29 is 9.18 Å². The molecule has 1 amide bonds. The molecule has 0 bridgehead atoms. The minimum absolute atomic E-state index is 0.0977. The zero-order valence-electron chi connectivity index (χ0n) is 14.0. The summed E-state index contributed by atoms with van der Waals surface area (Å²) in [6, 6.07) is 21.3. The Morgan fingerprint density at radius 3 is 2.38 bits per heavy atom. The molecule has 0 spiro atoms. The number of amides is 1. The van der Waals surface area contributed by atoms with Gasteiger partial charge in [0.25, 0.3) is 5.91 Å². The Balaban J connectivity index is 1.78. The van der Waals surface area contributed by atoms with Crippen molar-refractivity contribution in [1.82, 2.24) is 4.90 Å². The average Bonchev–Trinajstić information content (AvgIpc) is 2.68. The molecule has 0 aliphatic carbocycles. The summed E-state index contributed by atoms with van der Waals surface area (Å²) in [4.78, 5) is 15.0. The molecule has 4 heteroatoms. The van der Waals surface area contributed by atoms with Crippen molar-refractivity contribution in [1.29, 1.82) is 0 Å². The van der Waals surface area contributed by atoms with Gasteiger partial charge in [0, 0.05) is 17.1 Å². The Hall–Kier alpha value is -2.65. The second-order valence-electron chi connectivity index (χ2n) is 6.41. The lowest BCUT2D eigenvalue weighted by Crippen LogP contribution is -2.40. The molecule has 1 atom stereocenters. The first-order valence-corrected chi connectivity index (χ1v) is 8.91. The molecule has 26 heavy (non-hydrogen) atoms. The summed E-state index contributed by atoms with van der Waals surface area (Å²) >= 11 is 6.04.